The van der Waals surface area contributed by atoms with Crippen LogP contribution in [0.2, 0.25) is 5.02 Å². The Hall–Kier alpha value is -1.12. The minimum atomic E-state index is -4.91. The fraction of sp³-hybridized carbons (Fsp3) is 0.143. The molecule has 4 nitrogen and oxygen atoms in total. The van der Waals surface area contributed by atoms with E-state index in [-0.39, 0.29) is 5.02 Å². The number of hydrogen-bond donors (Lipinski definition) is 2. The molecule has 1 aromatic rings. The lowest BCUT2D eigenvalue weighted by Crippen LogP contribution is -2.23. The Balaban J connectivity index is 2.98. The fourth-order valence-corrected chi connectivity index (χ4v) is 1.06. The zero-order chi connectivity index (χ0) is 12.3. The number of benzene rings is 1. The van der Waals surface area contributed by atoms with Gasteiger partial charge in [0.25, 0.3) is 0 Å². The van der Waals surface area contributed by atoms with Crippen LogP contribution in [0.1, 0.15) is 0 Å². The van der Waals surface area contributed by atoms with Crippen molar-refractivity contribution in [1.82, 2.24) is 0 Å². The van der Waals surface area contributed by atoms with Gasteiger partial charge in [0.2, 0.25) is 0 Å². The lowest BCUT2D eigenvalue weighted by Gasteiger charge is -2.13. The molecule has 88 valence electrons. The van der Waals surface area contributed by atoms with Crippen LogP contribution in [0.3, 0.4) is 0 Å². The normalized spacial score (nSPS) is 11.1. The Bertz CT molecular complexity index is 371. The van der Waals surface area contributed by atoms with Crippen LogP contribution in [-0.2, 0) is 0 Å². The molecule has 9 heteroatoms. The van der Waals surface area contributed by atoms with E-state index in [1.807, 2.05) is 0 Å². The van der Waals surface area contributed by atoms with Gasteiger partial charge in [-0.15, -0.1) is 13.2 Å². The predicted molar refractivity (Wildman–Crippen MR) is 49.0 cm³/mol. The molecule has 0 unspecified atom stereocenters. The highest BCUT2D eigenvalue weighted by atomic mass is 35.5. The molecule has 0 saturated heterocycles. The smallest absolute Gasteiger partial charge is 0.509 e. The van der Waals surface area contributed by atoms with Crippen molar-refractivity contribution in [3.05, 3.63) is 23.2 Å². The Labute approximate surface area is 93.3 Å². The molecule has 0 bridgehead atoms. The summed E-state index contributed by atoms with van der Waals surface area (Å²) in [7, 11) is -2.27. The number of hydrogen-bond acceptors (Lipinski definition) is 4. The zero-order valence-corrected chi connectivity index (χ0v) is 8.29. The fourth-order valence-electron chi connectivity index (χ4n) is 0.897. The number of halogens is 4. The average molecular weight is 256 g/mol. The lowest BCUT2D eigenvalue weighted by molar-refractivity contribution is -0.275. The van der Waals surface area contributed by atoms with Crippen molar-refractivity contribution in [3.8, 4) is 11.5 Å². The number of ether oxygens (including phenoxy) is 1. The van der Waals surface area contributed by atoms with Crippen molar-refractivity contribution in [2.24, 2.45) is 0 Å². The first kappa shape index (κ1) is 13.0. The third kappa shape index (κ3) is 4.17. The van der Waals surface area contributed by atoms with E-state index in [1.54, 1.807) is 0 Å². The summed E-state index contributed by atoms with van der Waals surface area (Å²) in [6, 6.07) is 2.99. The summed E-state index contributed by atoms with van der Waals surface area (Å²) in [5.74, 6) is -1.25. The van der Waals surface area contributed by atoms with E-state index in [0.717, 1.165) is 18.2 Å². The molecule has 0 aliphatic carbocycles. The van der Waals surface area contributed by atoms with Gasteiger partial charge in [0.05, 0.1) is 0 Å². The Morgan fingerprint density at radius 1 is 1.19 bits per heavy atom. The third-order valence-electron chi connectivity index (χ3n) is 1.36. The van der Waals surface area contributed by atoms with E-state index < -0.39 is 25.2 Å². The summed E-state index contributed by atoms with van der Waals surface area (Å²) in [6.07, 6.45) is -4.91. The van der Waals surface area contributed by atoms with Crippen LogP contribution < -0.4 is 9.39 Å². The summed E-state index contributed by atoms with van der Waals surface area (Å²) in [6.45, 7) is 0. The molecule has 0 aliphatic rings. The van der Waals surface area contributed by atoms with E-state index in [1.165, 1.54) is 0 Å². The van der Waals surface area contributed by atoms with Gasteiger partial charge in [0, 0.05) is 11.1 Å². The van der Waals surface area contributed by atoms with E-state index in [9.17, 15) is 13.2 Å². The first-order valence-corrected chi connectivity index (χ1v) is 4.24. The molecule has 0 radical (unpaired) electrons. The molecule has 0 saturated carbocycles. The Kier molecular flexibility index (Phi) is 3.90. The molecule has 16 heavy (non-hydrogen) atoms. The van der Waals surface area contributed by atoms with Crippen LogP contribution in [0.5, 0.6) is 11.5 Å². The van der Waals surface area contributed by atoms with Gasteiger partial charge in [-0.05, 0) is 12.1 Å². The molecule has 0 fully saturated rings. The molecule has 0 amide bonds. The molecule has 2 N–H and O–H groups in total. The SMILES string of the molecule is OB(O)Oc1cc(Cl)ccc1OC(F)(F)F. The van der Waals surface area contributed by atoms with Crippen molar-refractivity contribution >= 4 is 18.9 Å². The highest BCUT2D eigenvalue weighted by Crippen LogP contribution is 2.34. The van der Waals surface area contributed by atoms with Crippen molar-refractivity contribution in [1.29, 1.82) is 0 Å². The monoisotopic (exact) mass is 256 g/mol. The van der Waals surface area contributed by atoms with Crippen LogP contribution in [0, 0.1) is 0 Å². The van der Waals surface area contributed by atoms with Gasteiger partial charge < -0.3 is 19.4 Å². The minimum absolute atomic E-state index is 0.0603. The third-order valence-corrected chi connectivity index (χ3v) is 1.60. The molecule has 0 spiro atoms. The Morgan fingerprint density at radius 2 is 1.81 bits per heavy atom. The second kappa shape index (κ2) is 4.81. The van der Waals surface area contributed by atoms with Gasteiger partial charge in [0.1, 0.15) is 5.75 Å². The topological polar surface area (TPSA) is 58.9 Å². The minimum Gasteiger partial charge on any atom is -0.509 e. The Morgan fingerprint density at radius 3 is 2.31 bits per heavy atom. The molecule has 0 atom stereocenters. The zero-order valence-electron chi connectivity index (χ0n) is 7.53. The summed E-state index contributed by atoms with van der Waals surface area (Å²) in [5.41, 5.74) is 0. The molecule has 0 aromatic heterocycles. The van der Waals surface area contributed by atoms with Gasteiger partial charge in [-0.2, -0.15) is 0 Å². The molecular weight excluding hydrogens is 251 g/mol. The van der Waals surface area contributed by atoms with Crippen LogP contribution in [0.25, 0.3) is 0 Å². The first-order chi connectivity index (χ1) is 7.28. The van der Waals surface area contributed by atoms with Crippen molar-refractivity contribution < 1.29 is 32.6 Å². The molecule has 0 heterocycles. The highest BCUT2D eigenvalue weighted by Gasteiger charge is 2.33. The summed E-state index contributed by atoms with van der Waals surface area (Å²) in [5, 5.41) is 17.0. The van der Waals surface area contributed by atoms with Crippen LogP contribution in [0.15, 0.2) is 18.2 Å². The maximum atomic E-state index is 11.9. The lowest BCUT2D eigenvalue weighted by atomic mass is 10.2. The second-order valence-electron chi connectivity index (χ2n) is 2.58. The van der Waals surface area contributed by atoms with E-state index >= 15 is 0 Å². The summed E-state index contributed by atoms with van der Waals surface area (Å²) in [4.78, 5) is 0. The second-order valence-corrected chi connectivity index (χ2v) is 3.02. The first-order valence-electron chi connectivity index (χ1n) is 3.86. The van der Waals surface area contributed by atoms with Crippen LogP contribution >= 0.6 is 11.6 Å². The van der Waals surface area contributed by atoms with Crippen molar-refractivity contribution in [3.63, 3.8) is 0 Å². The maximum Gasteiger partial charge on any atom is 0.707 e. The van der Waals surface area contributed by atoms with Gasteiger partial charge >= 0.3 is 13.7 Å². The summed E-state index contributed by atoms with van der Waals surface area (Å²) < 4.78 is 43.6. The van der Waals surface area contributed by atoms with Crippen molar-refractivity contribution in [2.45, 2.75) is 6.36 Å². The van der Waals surface area contributed by atoms with Gasteiger partial charge in [-0.25, -0.2) is 0 Å². The largest absolute Gasteiger partial charge is 0.707 e. The molecule has 1 aromatic carbocycles. The quantitative estimate of drug-likeness (QED) is 0.806. The van der Waals surface area contributed by atoms with Gasteiger partial charge in [-0.1, -0.05) is 11.6 Å². The van der Waals surface area contributed by atoms with E-state index in [0.29, 0.717) is 0 Å². The number of alkyl halides is 3. The molecular formula is C7H5BClF3O4. The number of rotatable bonds is 3. The average Bonchev–Trinajstić information content (AvgIpc) is 2.06. The maximum absolute atomic E-state index is 11.9. The van der Waals surface area contributed by atoms with Gasteiger partial charge in [-0.3, -0.25) is 0 Å². The molecule has 0 aliphatic heterocycles. The van der Waals surface area contributed by atoms with Crippen LogP contribution in [-0.4, -0.2) is 23.7 Å². The summed E-state index contributed by atoms with van der Waals surface area (Å²) >= 11 is 5.49. The van der Waals surface area contributed by atoms with E-state index in [2.05, 4.69) is 9.39 Å². The predicted octanol–water partition coefficient (Wildman–Crippen LogP) is 1.59. The van der Waals surface area contributed by atoms with Crippen molar-refractivity contribution in [2.75, 3.05) is 0 Å². The standard InChI is InChI=1S/C7H5BClF3O4/c9-4-1-2-5(15-7(10,11)12)6(3-4)16-8(13)14/h1-3,13-14H. The highest BCUT2D eigenvalue weighted by molar-refractivity contribution is 6.34. The van der Waals surface area contributed by atoms with Crippen LogP contribution in [0.4, 0.5) is 13.2 Å². The molecule has 1 rings (SSSR count). The van der Waals surface area contributed by atoms with E-state index in [4.69, 9.17) is 21.6 Å². The van der Waals surface area contributed by atoms with Gasteiger partial charge in [0.15, 0.2) is 5.75 Å².